The summed E-state index contributed by atoms with van der Waals surface area (Å²) in [4.78, 5) is 17.2. The molecule has 1 amide bonds. The molecule has 0 aromatic carbocycles. The van der Waals surface area contributed by atoms with Crippen LogP contribution in [-0.2, 0) is 6.42 Å². The third-order valence-corrected chi connectivity index (χ3v) is 5.20. The number of rotatable bonds is 5. The number of anilines is 1. The summed E-state index contributed by atoms with van der Waals surface area (Å²) in [7, 11) is 0. The first-order chi connectivity index (χ1) is 14.6. The summed E-state index contributed by atoms with van der Waals surface area (Å²) in [6.45, 7) is 5.96. The van der Waals surface area contributed by atoms with Crippen molar-refractivity contribution in [1.29, 1.82) is 0 Å². The molecule has 4 rings (SSSR count). The molecule has 1 aliphatic rings. The van der Waals surface area contributed by atoms with Crippen LogP contribution >= 0.6 is 0 Å². The zero-order valence-electron chi connectivity index (χ0n) is 17.6. The van der Waals surface area contributed by atoms with E-state index in [4.69, 9.17) is 0 Å². The number of carbonyl (C=O) groups is 1. The highest BCUT2D eigenvalue weighted by atomic mass is 19.3. The highest BCUT2D eigenvalue weighted by molar-refractivity contribution is 6.08. The zero-order chi connectivity index (χ0) is 21.7. The number of nitrogens with one attached hydrogen (secondary N) is 1. The minimum atomic E-state index is -2.77. The van der Waals surface area contributed by atoms with E-state index in [-0.39, 0.29) is 17.3 Å². The lowest BCUT2D eigenvalue weighted by molar-refractivity contribution is 0.102. The second-order valence-electron chi connectivity index (χ2n) is 7.05. The smallest absolute Gasteiger partial charge is 0.284 e. The quantitative estimate of drug-likeness (QED) is 0.617. The molecule has 7 nitrogen and oxygen atoms in total. The van der Waals surface area contributed by atoms with Gasteiger partial charge in [0, 0.05) is 18.1 Å². The second-order valence-corrected chi connectivity index (χ2v) is 7.05. The molecule has 30 heavy (non-hydrogen) atoms. The molecule has 0 bridgehead atoms. The van der Waals surface area contributed by atoms with E-state index in [9.17, 15) is 13.6 Å². The Morgan fingerprint density at radius 2 is 2.00 bits per heavy atom. The van der Waals surface area contributed by atoms with Crippen LogP contribution in [-0.4, -0.2) is 30.3 Å². The van der Waals surface area contributed by atoms with Crippen molar-refractivity contribution in [3.63, 3.8) is 0 Å². The highest BCUT2D eigenvalue weighted by Gasteiger charge is 2.25. The van der Waals surface area contributed by atoms with Crippen LogP contribution in [0.2, 0.25) is 0 Å². The first-order valence-electron chi connectivity index (χ1n) is 10.6. The van der Waals surface area contributed by atoms with E-state index in [0.29, 0.717) is 12.1 Å². The van der Waals surface area contributed by atoms with E-state index >= 15 is 0 Å². The first-order valence-corrected chi connectivity index (χ1v) is 10.6. The number of halogens is 2. The number of amides is 1. The number of aryl methyl sites for hydroxylation is 1. The van der Waals surface area contributed by atoms with Gasteiger partial charge in [0.1, 0.15) is 5.56 Å². The fraction of sp³-hybridized carbons (Fsp3) is 0.524. The molecule has 3 heterocycles. The van der Waals surface area contributed by atoms with Crippen molar-refractivity contribution in [1.82, 2.24) is 24.4 Å². The maximum absolute atomic E-state index is 13.5. The summed E-state index contributed by atoms with van der Waals surface area (Å²) in [6, 6.07) is 1.92. The van der Waals surface area contributed by atoms with Crippen LogP contribution < -0.4 is 5.32 Å². The third-order valence-electron chi connectivity index (χ3n) is 5.20. The Labute approximate surface area is 174 Å². The molecule has 3 aromatic heterocycles. The van der Waals surface area contributed by atoms with Gasteiger partial charge in [-0.25, -0.2) is 18.3 Å². The number of hydrogen-bond acceptors (Lipinski definition) is 4. The van der Waals surface area contributed by atoms with E-state index in [1.165, 1.54) is 16.9 Å². The topological polar surface area (TPSA) is 77.1 Å². The maximum atomic E-state index is 13.5. The zero-order valence-corrected chi connectivity index (χ0v) is 17.6. The molecule has 9 heteroatoms. The number of nitrogens with zero attached hydrogens (tertiary/aromatic N) is 5. The summed E-state index contributed by atoms with van der Waals surface area (Å²) in [5.74, 6) is -0.527. The second kappa shape index (κ2) is 9.77. The molecular formula is C21H28F2N6O. The molecule has 0 aliphatic heterocycles. The van der Waals surface area contributed by atoms with E-state index < -0.39 is 18.0 Å². The van der Waals surface area contributed by atoms with Crippen LogP contribution in [0, 0.1) is 0 Å². The van der Waals surface area contributed by atoms with Crippen molar-refractivity contribution >= 4 is 17.2 Å². The van der Waals surface area contributed by atoms with Gasteiger partial charge in [-0.2, -0.15) is 10.2 Å². The summed E-state index contributed by atoms with van der Waals surface area (Å²) in [5.41, 5.74) is 1.09. The summed E-state index contributed by atoms with van der Waals surface area (Å²) in [5, 5.41) is 10.8. The van der Waals surface area contributed by atoms with E-state index in [1.54, 1.807) is 10.9 Å². The number of alkyl halides is 2. The minimum absolute atomic E-state index is 0.0385. The monoisotopic (exact) mass is 418 g/mol. The lowest BCUT2D eigenvalue weighted by atomic mass is 9.96. The Morgan fingerprint density at radius 1 is 1.27 bits per heavy atom. The molecule has 0 spiro atoms. The Hall–Kier alpha value is -2.84. The van der Waals surface area contributed by atoms with Crippen molar-refractivity contribution in [3.05, 3.63) is 41.6 Å². The predicted molar refractivity (Wildman–Crippen MR) is 111 cm³/mol. The Morgan fingerprint density at radius 3 is 2.67 bits per heavy atom. The number of fused-ring (bicyclic) bond motifs is 1. The number of aromatic nitrogens is 5. The largest absolute Gasteiger partial charge is 0.319 e. The van der Waals surface area contributed by atoms with Crippen LogP contribution in [0.1, 0.15) is 87.1 Å². The van der Waals surface area contributed by atoms with Crippen LogP contribution in [0.4, 0.5) is 14.5 Å². The Balaban J connectivity index is 0.00000124. The first kappa shape index (κ1) is 21.9. The van der Waals surface area contributed by atoms with Gasteiger partial charge >= 0.3 is 0 Å². The number of carbonyl (C=O) groups excluding carboxylic acids is 1. The molecule has 0 unspecified atom stereocenters. The molecule has 3 aromatic rings. The van der Waals surface area contributed by atoms with Crippen LogP contribution in [0.5, 0.6) is 0 Å². The highest BCUT2D eigenvalue weighted by Crippen LogP contribution is 2.32. The third kappa shape index (κ3) is 4.49. The van der Waals surface area contributed by atoms with Gasteiger partial charge < -0.3 is 5.32 Å². The van der Waals surface area contributed by atoms with Gasteiger partial charge in [-0.1, -0.05) is 40.0 Å². The summed E-state index contributed by atoms with van der Waals surface area (Å²) < 4.78 is 30.1. The van der Waals surface area contributed by atoms with Gasteiger partial charge in [0.25, 0.3) is 12.3 Å². The summed E-state index contributed by atoms with van der Waals surface area (Å²) in [6.07, 6.45) is 7.69. The molecule has 1 N–H and O–H groups in total. The average molecular weight is 418 g/mol. The molecule has 0 radical (unpaired) electrons. The van der Waals surface area contributed by atoms with Gasteiger partial charge in [0.2, 0.25) is 0 Å². The van der Waals surface area contributed by atoms with Crippen molar-refractivity contribution in [2.75, 3.05) is 5.32 Å². The normalized spacial score (nSPS) is 14.6. The van der Waals surface area contributed by atoms with Gasteiger partial charge in [0.05, 0.1) is 17.9 Å². The molecule has 162 valence electrons. The van der Waals surface area contributed by atoms with Crippen LogP contribution in [0.25, 0.3) is 5.65 Å². The van der Waals surface area contributed by atoms with E-state index in [1.807, 2.05) is 26.8 Å². The predicted octanol–water partition coefficient (Wildman–Crippen LogP) is 5.21. The standard InChI is InChI=1S/C19H22F2N6O.C2H6/c1-2-12-8-9-26-18(23-12)14(10-22-26)19(28)24-15-11-27(25-16(15)17(20)21)13-6-4-3-5-7-13;1-2/h8-11,13,17H,2-7H2,1H3,(H,24,28);1-2H3. The van der Waals surface area contributed by atoms with Crippen molar-refractivity contribution in [3.8, 4) is 0 Å². The fourth-order valence-corrected chi connectivity index (χ4v) is 3.65. The van der Waals surface area contributed by atoms with Crippen molar-refractivity contribution < 1.29 is 13.6 Å². The Bertz CT molecular complexity index is 991. The van der Waals surface area contributed by atoms with Gasteiger partial charge in [-0.3, -0.25) is 9.48 Å². The average Bonchev–Trinajstić information content (AvgIpc) is 3.39. The lowest BCUT2D eigenvalue weighted by Crippen LogP contribution is -2.14. The SMILES string of the molecule is CC.CCc1ccn2ncc(C(=O)Nc3cn(C4CCCCC4)nc3C(F)F)c2n1. The molecule has 1 fully saturated rings. The van der Waals surface area contributed by atoms with Gasteiger partial charge in [0.15, 0.2) is 11.3 Å². The maximum Gasteiger partial charge on any atom is 0.284 e. The van der Waals surface area contributed by atoms with Crippen molar-refractivity contribution in [2.45, 2.75) is 71.8 Å². The molecule has 0 atom stereocenters. The van der Waals surface area contributed by atoms with E-state index in [2.05, 4.69) is 20.5 Å². The minimum Gasteiger partial charge on any atom is -0.319 e. The Kier molecular flexibility index (Phi) is 7.12. The molecule has 1 saturated carbocycles. The van der Waals surface area contributed by atoms with Gasteiger partial charge in [-0.15, -0.1) is 0 Å². The molecule has 1 aliphatic carbocycles. The fourth-order valence-electron chi connectivity index (χ4n) is 3.65. The summed E-state index contributed by atoms with van der Waals surface area (Å²) >= 11 is 0. The molecular weight excluding hydrogens is 390 g/mol. The van der Waals surface area contributed by atoms with Crippen molar-refractivity contribution in [2.24, 2.45) is 0 Å². The lowest BCUT2D eigenvalue weighted by Gasteiger charge is -2.21. The van der Waals surface area contributed by atoms with Crippen LogP contribution in [0.3, 0.4) is 0 Å². The van der Waals surface area contributed by atoms with Crippen LogP contribution in [0.15, 0.2) is 24.7 Å². The van der Waals surface area contributed by atoms with Gasteiger partial charge in [-0.05, 0) is 25.3 Å². The number of hydrogen-bond donors (Lipinski definition) is 1. The molecule has 0 saturated heterocycles. The van der Waals surface area contributed by atoms with E-state index in [0.717, 1.165) is 37.8 Å².